The minimum absolute atomic E-state index is 0.112. The maximum absolute atomic E-state index is 8.77. The van der Waals surface area contributed by atoms with E-state index in [4.69, 9.17) is 19.2 Å². The van der Waals surface area contributed by atoms with Crippen molar-refractivity contribution in [1.29, 1.82) is 5.26 Å². The van der Waals surface area contributed by atoms with Crippen LogP contribution >= 0.6 is 0 Å². The second-order valence-electron chi connectivity index (χ2n) is 5.05. The summed E-state index contributed by atoms with van der Waals surface area (Å²) in [6.45, 7) is 7.72. The Labute approximate surface area is 136 Å². The summed E-state index contributed by atoms with van der Waals surface area (Å²) in [6, 6.07) is 11.5. The summed E-state index contributed by atoms with van der Waals surface area (Å²) in [6.07, 6.45) is 0. The van der Waals surface area contributed by atoms with Crippen LogP contribution in [-0.4, -0.2) is 13.2 Å². The molecule has 0 amide bonds. The Kier molecular flexibility index (Phi) is 6.07. The van der Waals surface area contributed by atoms with Crippen LogP contribution in [0, 0.1) is 11.3 Å². The quantitative estimate of drug-likeness (QED) is 0.802. The van der Waals surface area contributed by atoms with Crippen LogP contribution in [0.4, 0.5) is 0 Å². The Morgan fingerprint density at radius 3 is 2.52 bits per heavy atom. The van der Waals surface area contributed by atoms with Crippen LogP contribution in [-0.2, 0) is 6.54 Å². The molecule has 0 aliphatic carbocycles. The van der Waals surface area contributed by atoms with Gasteiger partial charge in [0.05, 0.1) is 19.8 Å². The van der Waals surface area contributed by atoms with E-state index in [2.05, 4.69) is 12.2 Å². The number of nitriles is 1. The van der Waals surface area contributed by atoms with E-state index in [-0.39, 0.29) is 6.04 Å². The zero-order chi connectivity index (χ0) is 16.7. The molecular weight excluding hydrogens is 292 g/mol. The average molecular weight is 314 g/mol. The van der Waals surface area contributed by atoms with Crippen LogP contribution < -0.4 is 14.8 Å². The molecule has 0 bridgehead atoms. The summed E-state index contributed by atoms with van der Waals surface area (Å²) >= 11 is 0. The van der Waals surface area contributed by atoms with Gasteiger partial charge >= 0.3 is 0 Å². The van der Waals surface area contributed by atoms with Gasteiger partial charge in [0.15, 0.2) is 11.5 Å². The van der Waals surface area contributed by atoms with Crippen LogP contribution in [0.5, 0.6) is 11.5 Å². The fraction of sp³-hybridized carbons (Fsp3) is 0.389. The molecule has 1 N–H and O–H groups in total. The average Bonchev–Trinajstić information content (AvgIpc) is 3.03. The maximum Gasteiger partial charge on any atom is 0.203 e. The van der Waals surface area contributed by atoms with Crippen molar-refractivity contribution in [1.82, 2.24) is 5.32 Å². The number of hydrogen-bond donors (Lipinski definition) is 1. The highest BCUT2D eigenvalue weighted by Gasteiger charge is 2.11. The van der Waals surface area contributed by atoms with Gasteiger partial charge in [-0.2, -0.15) is 5.26 Å². The van der Waals surface area contributed by atoms with Gasteiger partial charge in [0.2, 0.25) is 5.76 Å². The molecule has 1 atom stereocenters. The van der Waals surface area contributed by atoms with Crippen LogP contribution in [0.25, 0.3) is 0 Å². The van der Waals surface area contributed by atoms with Gasteiger partial charge in [-0.25, -0.2) is 0 Å². The van der Waals surface area contributed by atoms with Crippen molar-refractivity contribution in [3.05, 3.63) is 47.4 Å². The molecule has 2 rings (SSSR count). The van der Waals surface area contributed by atoms with Crippen molar-refractivity contribution in [2.45, 2.75) is 33.4 Å². The van der Waals surface area contributed by atoms with Gasteiger partial charge in [0, 0.05) is 6.04 Å². The SMILES string of the molecule is CCOc1ccc(C(C)NCc2ccc(C#N)o2)cc1OCC. The lowest BCUT2D eigenvalue weighted by atomic mass is 10.1. The van der Waals surface area contributed by atoms with Gasteiger partial charge in [-0.1, -0.05) is 6.07 Å². The number of hydrogen-bond acceptors (Lipinski definition) is 5. The van der Waals surface area contributed by atoms with E-state index >= 15 is 0 Å². The molecule has 0 radical (unpaired) electrons. The van der Waals surface area contributed by atoms with Gasteiger partial charge in [-0.05, 0) is 50.6 Å². The molecule has 122 valence electrons. The first-order valence-electron chi connectivity index (χ1n) is 7.79. The third-order valence-electron chi connectivity index (χ3n) is 3.42. The molecule has 1 unspecified atom stereocenters. The second-order valence-corrected chi connectivity index (χ2v) is 5.05. The normalized spacial score (nSPS) is 11.7. The van der Waals surface area contributed by atoms with E-state index < -0.39 is 0 Å². The number of ether oxygens (including phenoxy) is 2. The molecule has 1 aromatic carbocycles. The number of benzene rings is 1. The highest BCUT2D eigenvalue weighted by Crippen LogP contribution is 2.30. The summed E-state index contributed by atoms with van der Waals surface area (Å²) in [4.78, 5) is 0. The molecule has 1 aromatic heterocycles. The standard InChI is InChI=1S/C18H22N2O3/c1-4-21-17-9-6-14(10-18(17)22-5-2)13(3)20-12-16-8-7-15(11-19)23-16/h6-10,13,20H,4-5,12H2,1-3H3. The van der Waals surface area contributed by atoms with Crippen molar-refractivity contribution in [2.24, 2.45) is 0 Å². The van der Waals surface area contributed by atoms with Crippen LogP contribution in [0.2, 0.25) is 0 Å². The lowest BCUT2D eigenvalue weighted by Gasteiger charge is -2.17. The molecule has 0 aliphatic heterocycles. The van der Waals surface area contributed by atoms with Gasteiger partial charge < -0.3 is 19.2 Å². The van der Waals surface area contributed by atoms with Crippen molar-refractivity contribution in [2.75, 3.05) is 13.2 Å². The largest absolute Gasteiger partial charge is 0.490 e. The number of rotatable bonds is 8. The zero-order valence-corrected chi connectivity index (χ0v) is 13.8. The van der Waals surface area contributed by atoms with E-state index in [0.717, 1.165) is 22.8 Å². The lowest BCUT2D eigenvalue weighted by Crippen LogP contribution is -2.17. The summed E-state index contributed by atoms with van der Waals surface area (Å²) < 4.78 is 16.6. The third kappa shape index (κ3) is 4.51. The Balaban J connectivity index is 2.04. The summed E-state index contributed by atoms with van der Waals surface area (Å²) in [5.41, 5.74) is 1.10. The van der Waals surface area contributed by atoms with Crippen LogP contribution in [0.15, 0.2) is 34.7 Å². The number of nitrogens with zero attached hydrogens (tertiary/aromatic N) is 1. The van der Waals surface area contributed by atoms with Crippen molar-refractivity contribution >= 4 is 0 Å². The minimum Gasteiger partial charge on any atom is -0.490 e. The first kappa shape index (κ1) is 16.9. The molecule has 0 aliphatic rings. The Morgan fingerprint density at radius 2 is 1.87 bits per heavy atom. The monoisotopic (exact) mass is 314 g/mol. The predicted octanol–water partition coefficient (Wildman–Crippen LogP) is 3.80. The van der Waals surface area contributed by atoms with E-state index in [1.807, 2.05) is 44.2 Å². The molecule has 0 spiro atoms. The second kappa shape index (κ2) is 8.25. The molecule has 0 fully saturated rings. The molecule has 1 heterocycles. The van der Waals surface area contributed by atoms with E-state index in [1.54, 1.807) is 6.07 Å². The summed E-state index contributed by atoms with van der Waals surface area (Å²) in [5.74, 6) is 2.58. The zero-order valence-electron chi connectivity index (χ0n) is 13.8. The fourth-order valence-corrected chi connectivity index (χ4v) is 2.24. The molecule has 5 nitrogen and oxygen atoms in total. The summed E-state index contributed by atoms with van der Waals surface area (Å²) in [7, 11) is 0. The Bertz CT molecular complexity index is 673. The minimum atomic E-state index is 0.112. The maximum atomic E-state index is 8.77. The van der Waals surface area contributed by atoms with Crippen LogP contribution in [0.3, 0.4) is 0 Å². The molecule has 0 saturated carbocycles. The van der Waals surface area contributed by atoms with E-state index in [1.165, 1.54) is 0 Å². The summed E-state index contributed by atoms with van der Waals surface area (Å²) in [5, 5.41) is 12.1. The Morgan fingerprint density at radius 1 is 1.13 bits per heavy atom. The topological polar surface area (TPSA) is 67.4 Å². The van der Waals surface area contributed by atoms with Gasteiger partial charge in [0.25, 0.3) is 0 Å². The first-order valence-corrected chi connectivity index (χ1v) is 7.79. The van der Waals surface area contributed by atoms with Gasteiger partial charge in [-0.15, -0.1) is 0 Å². The highest BCUT2D eigenvalue weighted by molar-refractivity contribution is 5.43. The molecular formula is C18H22N2O3. The van der Waals surface area contributed by atoms with E-state index in [9.17, 15) is 0 Å². The first-order chi connectivity index (χ1) is 11.2. The van der Waals surface area contributed by atoms with Crippen molar-refractivity contribution in [3.63, 3.8) is 0 Å². The van der Waals surface area contributed by atoms with E-state index in [0.29, 0.717) is 25.5 Å². The predicted molar refractivity (Wildman–Crippen MR) is 87.5 cm³/mol. The number of nitrogens with one attached hydrogen (secondary N) is 1. The van der Waals surface area contributed by atoms with Gasteiger partial charge in [-0.3, -0.25) is 0 Å². The molecule has 0 saturated heterocycles. The highest BCUT2D eigenvalue weighted by atomic mass is 16.5. The molecule has 23 heavy (non-hydrogen) atoms. The van der Waals surface area contributed by atoms with Crippen molar-refractivity contribution < 1.29 is 13.9 Å². The molecule has 2 aromatic rings. The Hall–Kier alpha value is -2.45. The lowest BCUT2D eigenvalue weighted by molar-refractivity contribution is 0.287. The fourth-order valence-electron chi connectivity index (χ4n) is 2.24. The van der Waals surface area contributed by atoms with Gasteiger partial charge in [0.1, 0.15) is 11.8 Å². The van der Waals surface area contributed by atoms with Crippen LogP contribution in [0.1, 0.15) is 43.9 Å². The smallest absolute Gasteiger partial charge is 0.203 e. The third-order valence-corrected chi connectivity index (χ3v) is 3.42. The van der Waals surface area contributed by atoms with Crippen molar-refractivity contribution in [3.8, 4) is 17.6 Å². The number of furan rings is 1. The molecule has 5 heteroatoms.